The zero-order valence-corrected chi connectivity index (χ0v) is 13.0. The van der Waals surface area contributed by atoms with E-state index < -0.39 is 4.92 Å². The molecule has 5 nitrogen and oxygen atoms in total. The summed E-state index contributed by atoms with van der Waals surface area (Å²) < 4.78 is 11.7. The second-order valence-corrected chi connectivity index (χ2v) is 5.06. The average molecular weight is 311 g/mol. The summed E-state index contributed by atoms with van der Waals surface area (Å²) in [6.45, 7) is 4.82. The SMILES string of the molecule is CCOc1c2ccccc2c(OCC)c2cc([N+](=O)[O-])ccc12. The normalized spacial score (nSPS) is 10.9. The third-order valence-corrected chi connectivity index (χ3v) is 3.70. The molecular weight excluding hydrogens is 294 g/mol. The van der Waals surface area contributed by atoms with Crippen molar-refractivity contribution in [2.75, 3.05) is 13.2 Å². The fourth-order valence-corrected chi connectivity index (χ4v) is 2.80. The van der Waals surface area contributed by atoms with Crippen LogP contribution in [0.4, 0.5) is 5.69 Å². The van der Waals surface area contributed by atoms with Crippen molar-refractivity contribution in [1.29, 1.82) is 0 Å². The third kappa shape index (κ3) is 2.54. The van der Waals surface area contributed by atoms with Crippen molar-refractivity contribution in [2.45, 2.75) is 13.8 Å². The number of rotatable bonds is 5. The fraction of sp³-hybridized carbons (Fsp3) is 0.222. The smallest absolute Gasteiger partial charge is 0.270 e. The van der Waals surface area contributed by atoms with Crippen molar-refractivity contribution in [3.05, 3.63) is 52.6 Å². The summed E-state index contributed by atoms with van der Waals surface area (Å²) in [5.41, 5.74) is 0.0381. The first-order chi connectivity index (χ1) is 11.2. The zero-order valence-electron chi connectivity index (χ0n) is 13.0. The molecule has 0 saturated carbocycles. The summed E-state index contributed by atoms with van der Waals surface area (Å²) in [4.78, 5) is 10.7. The van der Waals surface area contributed by atoms with E-state index in [-0.39, 0.29) is 5.69 Å². The van der Waals surface area contributed by atoms with Gasteiger partial charge in [0.05, 0.1) is 18.1 Å². The van der Waals surface area contributed by atoms with Crippen molar-refractivity contribution in [3.8, 4) is 11.5 Å². The van der Waals surface area contributed by atoms with Gasteiger partial charge in [-0.1, -0.05) is 24.3 Å². The Balaban J connectivity index is 2.47. The van der Waals surface area contributed by atoms with Gasteiger partial charge in [0.15, 0.2) is 0 Å². The molecule has 0 aliphatic carbocycles. The van der Waals surface area contributed by atoms with E-state index in [1.165, 1.54) is 6.07 Å². The minimum Gasteiger partial charge on any atom is -0.493 e. The number of non-ortho nitro benzene ring substituents is 1. The van der Waals surface area contributed by atoms with Crippen LogP contribution in [0.2, 0.25) is 0 Å². The van der Waals surface area contributed by atoms with E-state index in [0.717, 1.165) is 21.9 Å². The highest BCUT2D eigenvalue weighted by atomic mass is 16.6. The van der Waals surface area contributed by atoms with Crippen molar-refractivity contribution in [2.24, 2.45) is 0 Å². The Morgan fingerprint density at radius 3 is 1.91 bits per heavy atom. The summed E-state index contributed by atoms with van der Waals surface area (Å²) in [5.74, 6) is 1.39. The molecule has 5 heteroatoms. The van der Waals surface area contributed by atoms with Crippen LogP contribution in [0.25, 0.3) is 21.5 Å². The van der Waals surface area contributed by atoms with Crippen LogP contribution in [0.3, 0.4) is 0 Å². The second kappa shape index (κ2) is 6.12. The second-order valence-electron chi connectivity index (χ2n) is 5.06. The molecule has 118 valence electrons. The number of benzene rings is 3. The Kier molecular flexibility index (Phi) is 4.02. The molecule has 0 bridgehead atoms. The number of nitrogens with zero attached hydrogens (tertiary/aromatic N) is 1. The number of nitro benzene ring substituents is 1. The van der Waals surface area contributed by atoms with Crippen LogP contribution in [0.5, 0.6) is 11.5 Å². The van der Waals surface area contributed by atoms with E-state index in [1.54, 1.807) is 12.1 Å². The zero-order chi connectivity index (χ0) is 16.4. The van der Waals surface area contributed by atoms with Gasteiger partial charge in [0.25, 0.3) is 5.69 Å². The van der Waals surface area contributed by atoms with Gasteiger partial charge in [-0.15, -0.1) is 0 Å². The number of nitro groups is 1. The van der Waals surface area contributed by atoms with Crippen LogP contribution in [0.15, 0.2) is 42.5 Å². The summed E-state index contributed by atoms with van der Waals surface area (Å²) >= 11 is 0. The van der Waals surface area contributed by atoms with E-state index >= 15 is 0 Å². The lowest BCUT2D eigenvalue weighted by Crippen LogP contribution is -1.99. The van der Waals surface area contributed by atoms with Gasteiger partial charge in [-0.05, 0) is 19.9 Å². The molecule has 0 fully saturated rings. The van der Waals surface area contributed by atoms with Gasteiger partial charge in [0.2, 0.25) is 0 Å². The van der Waals surface area contributed by atoms with E-state index in [1.807, 2.05) is 38.1 Å². The lowest BCUT2D eigenvalue weighted by molar-refractivity contribution is -0.384. The first-order valence-corrected chi connectivity index (χ1v) is 7.55. The Hall–Kier alpha value is -2.82. The van der Waals surface area contributed by atoms with E-state index in [2.05, 4.69) is 0 Å². The first kappa shape index (κ1) is 15.1. The van der Waals surface area contributed by atoms with Crippen LogP contribution in [0.1, 0.15) is 13.8 Å². The molecule has 23 heavy (non-hydrogen) atoms. The Morgan fingerprint density at radius 2 is 1.39 bits per heavy atom. The highest BCUT2D eigenvalue weighted by Gasteiger charge is 2.18. The number of ether oxygens (including phenoxy) is 2. The van der Waals surface area contributed by atoms with Gasteiger partial charge in [-0.3, -0.25) is 10.1 Å². The fourth-order valence-electron chi connectivity index (χ4n) is 2.80. The van der Waals surface area contributed by atoms with Gasteiger partial charge in [-0.2, -0.15) is 0 Å². The molecule has 0 N–H and O–H groups in total. The molecule has 3 rings (SSSR count). The minimum atomic E-state index is -0.398. The maximum atomic E-state index is 11.1. The number of fused-ring (bicyclic) bond motifs is 2. The molecule has 3 aromatic rings. The number of hydrogen-bond donors (Lipinski definition) is 0. The van der Waals surface area contributed by atoms with Crippen molar-refractivity contribution >= 4 is 27.2 Å². The lowest BCUT2D eigenvalue weighted by atomic mass is 10.00. The van der Waals surface area contributed by atoms with Crippen molar-refractivity contribution in [1.82, 2.24) is 0 Å². The third-order valence-electron chi connectivity index (χ3n) is 3.70. The quantitative estimate of drug-likeness (QED) is 0.389. The molecule has 0 aromatic heterocycles. The lowest BCUT2D eigenvalue weighted by Gasteiger charge is -2.16. The maximum absolute atomic E-state index is 11.1. The molecule has 0 amide bonds. The first-order valence-electron chi connectivity index (χ1n) is 7.55. The predicted molar refractivity (Wildman–Crippen MR) is 90.4 cm³/mol. The molecule has 0 saturated heterocycles. The molecule has 0 aliphatic heterocycles. The molecule has 0 unspecified atom stereocenters. The summed E-state index contributed by atoms with van der Waals surface area (Å²) in [6.07, 6.45) is 0. The molecular formula is C18H17NO4. The monoisotopic (exact) mass is 311 g/mol. The van der Waals surface area contributed by atoms with Crippen LogP contribution in [0, 0.1) is 10.1 Å². The molecule has 0 spiro atoms. The van der Waals surface area contributed by atoms with Gasteiger partial charge < -0.3 is 9.47 Å². The van der Waals surface area contributed by atoms with E-state index in [4.69, 9.17) is 9.47 Å². The van der Waals surface area contributed by atoms with Crippen LogP contribution >= 0.6 is 0 Å². The standard InChI is InChI=1S/C18H17NO4/c1-3-22-17-13-7-5-6-8-14(13)18(23-4-2)16-11-12(19(20)21)9-10-15(16)17/h5-11H,3-4H2,1-2H3. The van der Waals surface area contributed by atoms with Gasteiger partial charge in [0.1, 0.15) is 11.5 Å². The van der Waals surface area contributed by atoms with E-state index in [9.17, 15) is 10.1 Å². The summed E-state index contributed by atoms with van der Waals surface area (Å²) in [6, 6.07) is 12.6. The average Bonchev–Trinajstić information content (AvgIpc) is 2.57. The van der Waals surface area contributed by atoms with Crippen LogP contribution in [-0.4, -0.2) is 18.1 Å². The molecule has 0 radical (unpaired) electrons. The van der Waals surface area contributed by atoms with E-state index in [0.29, 0.717) is 24.3 Å². The van der Waals surface area contributed by atoms with Crippen LogP contribution in [-0.2, 0) is 0 Å². The maximum Gasteiger partial charge on any atom is 0.270 e. The van der Waals surface area contributed by atoms with Crippen LogP contribution < -0.4 is 9.47 Å². The highest BCUT2D eigenvalue weighted by Crippen LogP contribution is 2.43. The van der Waals surface area contributed by atoms with Gasteiger partial charge >= 0.3 is 0 Å². The van der Waals surface area contributed by atoms with Gasteiger partial charge in [-0.25, -0.2) is 0 Å². The largest absolute Gasteiger partial charge is 0.493 e. The van der Waals surface area contributed by atoms with Gasteiger partial charge in [0, 0.05) is 33.7 Å². The van der Waals surface area contributed by atoms with Crippen molar-refractivity contribution < 1.29 is 14.4 Å². The Bertz CT molecular complexity index is 889. The summed E-state index contributed by atoms with van der Waals surface area (Å²) in [7, 11) is 0. The molecule has 0 atom stereocenters. The minimum absolute atomic E-state index is 0.0381. The molecule has 0 aliphatic rings. The highest BCUT2D eigenvalue weighted by molar-refractivity contribution is 6.11. The topological polar surface area (TPSA) is 61.6 Å². The summed E-state index contributed by atoms with van der Waals surface area (Å²) in [5, 5.41) is 14.5. The molecule has 3 aromatic carbocycles. The van der Waals surface area contributed by atoms with Crippen molar-refractivity contribution in [3.63, 3.8) is 0 Å². The predicted octanol–water partition coefficient (Wildman–Crippen LogP) is 4.70. The Labute approximate surface area is 133 Å². The Morgan fingerprint density at radius 1 is 0.870 bits per heavy atom. The molecule has 0 heterocycles. The number of hydrogen-bond acceptors (Lipinski definition) is 4.